The SMILES string of the molecule is CCN(CC)CCN=C1N=c2ccc3c(c2N(O)N1)CCC=3. The molecule has 0 spiro atoms. The van der Waals surface area contributed by atoms with Crippen LogP contribution in [0.3, 0.4) is 0 Å². The largest absolute Gasteiger partial charge is 0.302 e. The lowest BCUT2D eigenvalue weighted by Crippen LogP contribution is -2.47. The maximum atomic E-state index is 10.3. The van der Waals surface area contributed by atoms with Crippen LogP contribution in [0.2, 0.25) is 0 Å². The lowest BCUT2D eigenvalue weighted by molar-refractivity contribution is 0.231. The average molecular weight is 301 g/mol. The minimum atomic E-state index is 0.462. The summed E-state index contributed by atoms with van der Waals surface area (Å²) in [5, 5.41) is 13.3. The molecule has 0 radical (unpaired) electrons. The van der Waals surface area contributed by atoms with Crippen molar-refractivity contribution in [1.29, 1.82) is 0 Å². The number of hydrogen-bond donors (Lipinski definition) is 2. The number of nitrogens with one attached hydrogen (secondary N) is 1. The third-order valence-electron chi connectivity index (χ3n) is 4.27. The molecule has 0 bridgehead atoms. The molecule has 0 atom stereocenters. The van der Waals surface area contributed by atoms with Crippen LogP contribution >= 0.6 is 0 Å². The maximum Gasteiger partial charge on any atom is 0.239 e. The Morgan fingerprint density at radius 3 is 2.95 bits per heavy atom. The van der Waals surface area contributed by atoms with E-state index in [1.54, 1.807) is 0 Å². The third kappa shape index (κ3) is 2.84. The predicted molar refractivity (Wildman–Crippen MR) is 87.5 cm³/mol. The molecule has 2 aliphatic rings. The van der Waals surface area contributed by atoms with E-state index >= 15 is 0 Å². The van der Waals surface area contributed by atoms with Gasteiger partial charge in [0.15, 0.2) is 0 Å². The molecule has 6 nitrogen and oxygen atoms in total. The minimum Gasteiger partial charge on any atom is -0.302 e. The van der Waals surface area contributed by atoms with Crippen molar-refractivity contribution in [3.8, 4) is 0 Å². The van der Waals surface area contributed by atoms with Gasteiger partial charge in [-0.05, 0) is 42.8 Å². The molecule has 0 saturated heterocycles. The second kappa shape index (κ2) is 6.46. The minimum absolute atomic E-state index is 0.462. The molecule has 2 N–H and O–H groups in total. The molecule has 3 rings (SSSR count). The molecule has 1 aromatic rings. The molecule has 0 fully saturated rings. The number of guanidine groups is 1. The number of hydrogen-bond acceptors (Lipinski definition) is 4. The van der Waals surface area contributed by atoms with E-state index in [9.17, 15) is 5.21 Å². The number of likely N-dealkylation sites (N-methyl/N-ethyl adjacent to an activating group) is 1. The Balaban J connectivity index is 1.83. The van der Waals surface area contributed by atoms with Crippen molar-refractivity contribution in [3.63, 3.8) is 0 Å². The van der Waals surface area contributed by atoms with Crippen LogP contribution in [0.15, 0.2) is 22.1 Å². The summed E-state index contributed by atoms with van der Waals surface area (Å²) in [4.78, 5) is 11.3. The van der Waals surface area contributed by atoms with Gasteiger partial charge in [-0.25, -0.2) is 15.4 Å². The van der Waals surface area contributed by atoms with Gasteiger partial charge in [0.1, 0.15) is 5.69 Å². The molecule has 0 unspecified atom stereocenters. The Bertz CT molecular complexity index is 693. The van der Waals surface area contributed by atoms with Crippen LogP contribution in [-0.2, 0) is 6.42 Å². The van der Waals surface area contributed by atoms with Gasteiger partial charge in [-0.15, -0.1) is 0 Å². The highest BCUT2D eigenvalue weighted by atomic mass is 16.5. The van der Waals surface area contributed by atoms with Crippen molar-refractivity contribution >= 4 is 17.7 Å². The normalized spacial score (nSPS) is 17.8. The lowest BCUT2D eigenvalue weighted by Gasteiger charge is -2.24. The van der Waals surface area contributed by atoms with Crippen molar-refractivity contribution in [1.82, 2.24) is 10.3 Å². The van der Waals surface area contributed by atoms with Crippen LogP contribution in [0.25, 0.3) is 6.08 Å². The summed E-state index contributed by atoms with van der Waals surface area (Å²) in [5.41, 5.74) is 4.76. The van der Waals surface area contributed by atoms with Gasteiger partial charge in [0, 0.05) is 6.54 Å². The number of hydrazine groups is 1. The summed E-state index contributed by atoms with van der Waals surface area (Å²) in [6, 6.07) is 4.01. The van der Waals surface area contributed by atoms with Gasteiger partial charge in [0.2, 0.25) is 5.96 Å². The average Bonchev–Trinajstić information content (AvgIpc) is 2.99. The molecule has 1 heterocycles. The van der Waals surface area contributed by atoms with Gasteiger partial charge in [0.05, 0.1) is 11.9 Å². The van der Waals surface area contributed by atoms with Crippen LogP contribution in [0.4, 0.5) is 5.69 Å². The summed E-state index contributed by atoms with van der Waals surface area (Å²) >= 11 is 0. The first-order valence-corrected chi connectivity index (χ1v) is 7.96. The topological polar surface area (TPSA) is 63.5 Å². The van der Waals surface area contributed by atoms with Crippen molar-refractivity contribution in [3.05, 3.63) is 28.3 Å². The van der Waals surface area contributed by atoms with Crippen molar-refractivity contribution in [2.75, 3.05) is 31.4 Å². The lowest BCUT2D eigenvalue weighted by atomic mass is 10.1. The molecular formula is C16H23N5O. The van der Waals surface area contributed by atoms with Crippen LogP contribution in [-0.4, -0.2) is 42.2 Å². The smallest absolute Gasteiger partial charge is 0.239 e. The Labute approximate surface area is 130 Å². The Morgan fingerprint density at radius 1 is 1.36 bits per heavy atom. The number of anilines is 1. The monoisotopic (exact) mass is 301 g/mol. The highest BCUT2D eigenvalue weighted by Gasteiger charge is 2.20. The predicted octanol–water partition coefficient (Wildman–Crippen LogP) is 0.445. The molecule has 118 valence electrons. The quantitative estimate of drug-likeness (QED) is 0.828. The molecule has 0 amide bonds. The zero-order valence-electron chi connectivity index (χ0n) is 13.2. The number of fused-ring (bicyclic) bond motifs is 3. The van der Waals surface area contributed by atoms with Crippen molar-refractivity contribution < 1.29 is 5.21 Å². The van der Waals surface area contributed by atoms with E-state index in [0.717, 1.165) is 54.3 Å². The Kier molecular flexibility index (Phi) is 4.40. The summed E-state index contributed by atoms with van der Waals surface area (Å²) in [6.45, 7) is 7.87. The highest BCUT2D eigenvalue weighted by Crippen LogP contribution is 2.17. The maximum absolute atomic E-state index is 10.3. The second-order valence-electron chi connectivity index (χ2n) is 5.51. The zero-order chi connectivity index (χ0) is 15.5. The first-order chi connectivity index (χ1) is 10.7. The number of nitrogens with zero attached hydrogens (tertiary/aromatic N) is 4. The third-order valence-corrected chi connectivity index (χ3v) is 4.27. The first-order valence-electron chi connectivity index (χ1n) is 7.96. The Morgan fingerprint density at radius 2 is 2.18 bits per heavy atom. The summed E-state index contributed by atoms with van der Waals surface area (Å²) in [5.74, 6) is 0.462. The molecule has 0 saturated carbocycles. The fourth-order valence-electron chi connectivity index (χ4n) is 2.99. The van der Waals surface area contributed by atoms with E-state index < -0.39 is 0 Å². The van der Waals surface area contributed by atoms with Crippen molar-refractivity contribution in [2.45, 2.75) is 26.7 Å². The molecule has 0 aromatic heterocycles. The summed E-state index contributed by atoms with van der Waals surface area (Å²) in [6.07, 6.45) is 4.16. The number of aliphatic imine (C=N–C) groups is 1. The fourth-order valence-corrected chi connectivity index (χ4v) is 2.99. The number of rotatable bonds is 5. The van der Waals surface area contributed by atoms with Gasteiger partial charge in [-0.1, -0.05) is 26.0 Å². The van der Waals surface area contributed by atoms with Gasteiger partial charge >= 0.3 is 0 Å². The van der Waals surface area contributed by atoms with Crippen LogP contribution in [0, 0.1) is 0 Å². The van der Waals surface area contributed by atoms with E-state index in [-0.39, 0.29) is 0 Å². The summed E-state index contributed by atoms with van der Waals surface area (Å²) < 4.78 is 0. The molecule has 1 aliphatic carbocycles. The van der Waals surface area contributed by atoms with E-state index in [1.165, 1.54) is 5.22 Å². The van der Waals surface area contributed by atoms with Crippen molar-refractivity contribution in [2.24, 2.45) is 9.98 Å². The molecule has 1 aliphatic heterocycles. The van der Waals surface area contributed by atoms with Gasteiger partial charge in [0.25, 0.3) is 0 Å². The van der Waals surface area contributed by atoms with E-state index in [2.05, 4.69) is 46.3 Å². The second-order valence-corrected chi connectivity index (χ2v) is 5.51. The number of benzene rings is 1. The Hall–Kier alpha value is -1.92. The van der Waals surface area contributed by atoms with Crippen LogP contribution < -0.4 is 21.2 Å². The molecule has 22 heavy (non-hydrogen) atoms. The fraction of sp³-hybridized carbons (Fsp3) is 0.500. The molecular weight excluding hydrogens is 278 g/mol. The van der Waals surface area contributed by atoms with Crippen LogP contribution in [0.5, 0.6) is 0 Å². The standard InChI is InChI=1S/C16H23N5O/c1-3-20(4-2)11-10-17-16-18-14-9-8-12-6-5-7-13(12)15(14)21(22)19-16/h6,8-9,22H,3-5,7,10-11H2,1-2H3,(H,17,19). The summed E-state index contributed by atoms with van der Waals surface area (Å²) in [7, 11) is 0. The first kappa shape index (κ1) is 15.0. The van der Waals surface area contributed by atoms with E-state index in [1.807, 2.05) is 6.07 Å². The highest BCUT2D eigenvalue weighted by molar-refractivity contribution is 5.84. The van der Waals surface area contributed by atoms with Crippen LogP contribution in [0.1, 0.15) is 25.8 Å². The van der Waals surface area contributed by atoms with E-state index in [4.69, 9.17) is 0 Å². The molecule has 1 aromatic carbocycles. The van der Waals surface area contributed by atoms with Gasteiger partial charge in [-0.3, -0.25) is 5.21 Å². The van der Waals surface area contributed by atoms with Gasteiger partial charge < -0.3 is 4.90 Å². The van der Waals surface area contributed by atoms with E-state index in [0.29, 0.717) is 12.5 Å². The zero-order valence-corrected chi connectivity index (χ0v) is 13.2. The molecule has 6 heteroatoms. The van der Waals surface area contributed by atoms with Gasteiger partial charge in [-0.2, -0.15) is 5.17 Å².